The van der Waals surface area contributed by atoms with E-state index < -0.39 is 26.7 Å². The number of hydrogen-bond donors (Lipinski definition) is 0. The number of carbonyl (C=O) groups excluding carboxylic acids is 1. The van der Waals surface area contributed by atoms with Crippen LogP contribution >= 0.6 is 11.8 Å². The van der Waals surface area contributed by atoms with Gasteiger partial charge < -0.3 is 0 Å². The van der Waals surface area contributed by atoms with E-state index in [2.05, 4.69) is 0 Å². The standard InChI is InChI=1S/C12H14F2O3S2/c1-8(18-5-6-19(2,16)17)12(15)9-3-4-10(13)11(14)7-9/h3-4,7-8H,5-6H2,1-2H3. The SMILES string of the molecule is CC(SCCS(C)(=O)=O)C(=O)c1ccc(F)c(F)c1. The molecule has 0 saturated heterocycles. The van der Waals surface area contributed by atoms with Crippen LogP contribution < -0.4 is 0 Å². The predicted octanol–water partition coefficient (Wildman–Crippen LogP) is 2.31. The molecular weight excluding hydrogens is 294 g/mol. The maximum absolute atomic E-state index is 13.0. The molecule has 3 nitrogen and oxygen atoms in total. The lowest BCUT2D eigenvalue weighted by atomic mass is 10.1. The summed E-state index contributed by atoms with van der Waals surface area (Å²) in [5.74, 6) is -2.16. The van der Waals surface area contributed by atoms with E-state index in [-0.39, 0.29) is 22.9 Å². The lowest BCUT2D eigenvalue weighted by Gasteiger charge is -2.10. The van der Waals surface area contributed by atoms with Crippen LogP contribution in [-0.2, 0) is 9.84 Å². The van der Waals surface area contributed by atoms with Crippen molar-refractivity contribution in [2.24, 2.45) is 0 Å². The lowest BCUT2D eigenvalue weighted by molar-refractivity contribution is 0.0993. The minimum atomic E-state index is -3.06. The molecule has 1 aromatic carbocycles. The molecule has 0 saturated carbocycles. The second-order valence-electron chi connectivity index (χ2n) is 4.14. The first kappa shape index (κ1) is 16.1. The van der Waals surface area contributed by atoms with Gasteiger partial charge in [0, 0.05) is 17.6 Å². The third-order valence-electron chi connectivity index (χ3n) is 2.40. The van der Waals surface area contributed by atoms with E-state index in [0.717, 1.165) is 18.4 Å². The second kappa shape index (κ2) is 6.47. The van der Waals surface area contributed by atoms with Crippen LogP contribution in [0.1, 0.15) is 17.3 Å². The molecule has 0 amide bonds. The molecule has 0 radical (unpaired) electrons. The number of carbonyl (C=O) groups is 1. The van der Waals surface area contributed by atoms with Crippen molar-refractivity contribution in [2.45, 2.75) is 12.2 Å². The fourth-order valence-electron chi connectivity index (χ4n) is 1.34. The fourth-order valence-corrected chi connectivity index (χ4v) is 3.57. The van der Waals surface area contributed by atoms with Crippen LogP contribution in [0.5, 0.6) is 0 Å². The number of Topliss-reactive ketones (excluding diaryl/α,β-unsaturated/α-hetero) is 1. The van der Waals surface area contributed by atoms with Crippen molar-refractivity contribution in [3.05, 3.63) is 35.4 Å². The van der Waals surface area contributed by atoms with Crippen LogP contribution in [0.2, 0.25) is 0 Å². The number of rotatable bonds is 6. The highest BCUT2D eigenvalue weighted by atomic mass is 32.2. The van der Waals surface area contributed by atoms with Crippen molar-refractivity contribution in [3.8, 4) is 0 Å². The molecule has 19 heavy (non-hydrogen) atoms. The monoisotopic (exact) mass is 308 g/mol. The zero-order valence-electron chi connectivity index (χ0n) is 10.5. The number of thioether (sulfide) groups is 1. The highest BCUT2D eigenvalue weighted by Crippen LogP contribution is 2.18. The summed E-state index contributed by atoms with van der Waals surface area (Å²) < 4.78 is 47.6. The summed E-state index contributed by atoms with van der Waals surface area (Å²) >= 11 is 1.17. The smallest absolute Gasteiger partial charge is 0.175 e. The average molecular weight is 308 g/mol. The Morgan fingerprint density at radius 2 is 1.95 bits per heavy atom. The van der Waals surface area contributed by atoms with Gasteiger partial charge in [0.1, 0.15) is 9.84 Å². The van der Waals surface area contributed by atoms with Crippen molar-refractivity contribution in [1.29, 1.82) is 0 Å². The Hall–Kier alpha value is -0.950. The van der Waals surface area contributed by atoms with E-state index in [1.807, 2.05) is 0 Å². The third kappa shape index (κ3) is 5.28. The van der Waals surface area contributed by atoms with E-state index in [4.69, 9.17) is 0 Å². The number of ketones is 1. The van der Waals surface area contributed by atoms with Crippen LogP contribution in [0.15, 0.2) is 18.2 Å². The van der Waals surface area contributed by atoms with Crippen molar-refractivity contribution in [2.75, 3.05) is 17.8 Å². The second-order valence-corrected chi connectivity index (χ2v) is 7.84. The van der Waals surface area contributed by atoms with E-state index in [1.165, 1.54) is 17.8 Å². The molecule has 0 spiro atoms. The Bertz CT molecular complexity index is 570. The Balaban J connectivity index is 2.64. The van der Waals surface area contributed by atoms with Gasteiger partial charge in [-0.25, -0.2) is 17.2 Å². The summed E-state index contributed by atoms with van der Waals surface area (Å²) in [6.45, 7) is 1.61. The van der Waals surface area contributed by atoms with E-state index in [9.17, 15) is 22.0 Å². The molecule has 7 heteroatoms. The summed E-state index contributed by atoms with van der Waals surface area (Å²) in [4.78, 5) is 11.9. The maximum Gasteiger partial charge on any atom is 0.175 e. The Morgan fingerprint density at radius 3 is 2.47 bits per heavy atom. The van der Waals surface area contributed by atoms with Crippen molar-refractivity contribution >= 4 is 27.4 Å². The minimum Gasteiger partial charge on any atom is -0.293 e. The summed E-state index contributed by atoms with van der Waals surface area (Å²) in [5, 5.41) is -0.508. The number of halogens is 2. The molecule has 1 aromatic rings. The number of benzene rings is 1. The van der Waals surface area contributed by atoms with E-state index in [0.29, 0.717) is 0 Å². The summed E-state index contributed by atoms with van der Waals surface area (Å²) in [5.41, 5.74) is 0.0817. The Labute approximate surface area is 115 Å². The maximum atomic E-state index is 13.0. The fraction of sp³-hybridized carbons (Fsp3) is 0.417. The first-order valence-corrected chi connectivity index (χ1v) is 8.60. The summed E-state index contributed by atoms with van der Waals surface area (Å²) in [7, 11) is -3.06. The van der Waals surface area contributed by atoms with Gasteiger partial charge in [-0.05, 0) is 25.1 Å². The molecular formula is C12H14F2O3S2. The van der Waals surface area contributed by atoms with Crippen LogP contribution in [0.3, 0.4) is 0 Å². The molecule has 0 N–H and O–H groups in total. The van der Waals surface area contributed by atoms with Crippen molar-refractivity contribution in [3.63, 3.8) is 0 Å². The zero-order valence-corrected chi connectivity index (χ0v) is 12.2. The van der Waals surface area contributed by atoms with Gasteiger partial charge in [-0.1, -0.05) is 0 Å². The molecule has 0 heterocycles. The molecule has 1 unspecified atom stereocenters. The lowest BCUT2D eigenvalue weighted by Crippen LogP contribution is -2.16. The van der Waals surface area contributed by atoms with E-state index in [1.54, 1.807) is 6.92 Å². The van der Waals surface area contributed by atoms with Gasteiger partial charge in [0.2, 0.25) is 0 Å². The molecule has 1 atom stereocenters. The largest absolute Gasteiger partial charge is 0.293 e. The van der Waals surface area contributed by atoms with Gasteiger partial charge >= 0.3 is 0 Å². The van der Waals surface area contributed by atoms with Gasteiger partial charge in [-0.2, -0.15) is 0 Å². The van der Waals surface area contributed by atoms with Crippen LogP contribution in [-0.4, -0.2) is 37.2 Å². The molecule has 0 aromatic heterocycles. The van der Waals surface area contributed by atoms with Gasteiger partial charge in [-0.3, -0.25) is 4.79 Å². The molecule has 106 valence electrons. The van der Waals surface area contributed by atoms with Gasteiger partial charge in [0.25, 0.3) is 0 Å². The number of hydrogen-bond acceptors (Lipinski definition) is 4. The van der Waals surface area contributed by atoms with E-state index >= 15 is 0 Å². The Morgan fingerprint density at radius 1 is 1.32 bits per heavy atom. The summed E-state index contributed by atoms with van der Waals surface area (Å²) in [6, 6.07) is 2.97. The number of sulfone groups is 1. The first-order chi connectivity index (χ1) is 8.70. The highest BCUT2D eigenvalue weighted by Gasteiger charge is 2.17. The Kier molecular flexibility index (Phi) is 5.49. The third-order valence-corrected chi connectivity index (χ3v) is 4.75. The van der Waals surface area contributed by atoms with Crippen LogP contribution in [0.4, 0.5) is 8.78 Å². The summed E-state index contributed by atoms with van der Waals surface area (Å²) in [6.07, 6.45) is 1.12. The van der Waals surface area contributed by atoms with Crippen LogP contribution in [0.25, 0.3) is 0 Å². The van der Waals surface area contributed by atoms with Gasteiger partial charge in [-0.15, -0.1) is 11.8 Å². The minimum absolute atomic E-state index is 0.0208. The normalized spacial score (nSPS) is 13.3. The molecule has 0 aliphatic heterocycles. The molecule has 1 rings (SSSR count). The van der Waals surface area contributed by atoms with Crippen molar-refractivity contribution in [1.82, 2.24) is 0 Å². The first-order valence-electron chi connectivity index (χ1n) is 5.49. The highest BCUT2D eigenvalue weighted by molar-refractivity contribution is 8.01. The quantitative estimate of drug-likeness (QED) is 0.757. The molecule has 0 aliphatic rings. The predicted molar refractivity (Wildman–Crippen MR) is 72.3 cm³/mol. The van der Waals surface area contributed by atoms with Gasteiger partial charge in [0.15, 0.2) is 17.4 Å². The van der Waals surface area contributed by atoms with Crippen molar-refractivity contribution < 1.29 is 22.0 Å². The zero-order chi connectivity index (χ0) is 14.6. The molecule has 0 aliphatic carbocycles. The molecule has 0 bridgehead atoms. The average Bonchev–Trinajstić information content (AvgIpc) is 2.30. The van der Waals surface area contributed by atoms with Gasteiger partial charge in [0.05, 0.1) is 11.0 Å². The molecule has 0 fully saturated rings. The van der Waals surface area contributed by atoms with Crippen LogP contribution in [0, 0.1) is 11.6 Å². The topological polar surface area (TPSA) is 51.2 Å².